The molecule has 9 heteroatoms. The first-order valence-corrected chi connectivity index (χ1v) is 6.72. The van der Waals surface area contributed by atoms with Crippen molar-refractivity contribution in [3.05, 3.63) is 33.3 Å². The summed E-state index contributed by atoms with van der Waals surface area (Å²) in [5.41, 5.74) is -0.297. The summed E-state index contributed by atoms with van der Waals surface area (Å²) in [5.74, 6) is 0. The Morgan fingerprint density at radius 3 is 2.61 bits per heavy atom. The normalized spacial score (nSPS) is 13.3. The third-order valence-corrected chi connectivity index (χ3v) is 3.89. The minimum absolute atomic E-state index is 0.171. The van der Waals surface area contributed by atoms with E-state index in [0.29, 0.717) is 0 Å². The topological polar surface area (TPSA) is 110 Å². The molecule has 1 aromatic rings. The van der Waals surface area contributed by atoms with Gasteiger partial charge >= 0.3 is 0 Å². The van der Waals surface area contributed by atoms with Crippen LogP contribution in [0.2, 0.25) is 5.02 Å². The van der Waals surface area contributed by atoms with Crippen molar-refractivity contribution in [3.8, 4) is 0 Å². The molecule has 0 aliphatic rings. The van der Waals surface area contributed by atoms with Crippen molar-refractivity contribution in [3.63, 3.8) is 0 Å². The van der Waals surface area contributed by atoms with E-state index >= 15 is 0 Å². The molecule has 0 fully saturated rings. The highest BCUT2D eigenvalue weighted by Crippen LogP contribution is 2.25. The number of nitro benzene ring substituents is 1. The van der Waals surface area contributed by atoms with E-state index < -0.39 is 21.1 Å². The maximum atomic E-state index is 11.8. The van der Waals surface area contributed by atoms with Crippen molar-refractivity contribution < 1.29 is 18.4 Å². The zero-order valence-electron chi connectivity index (χ0n) is 9.33. The summed E-state index contributed by atoms with van der Waals surface area (Å²) < 4.78 is 25.7. The Hall–Kier alpha value is -1.22. The van der Waals surface area contributed by atoms with Crippen LogP contribution in [-0.2, 0) is 10.0 Å². The SMILES string of the molecule is C[C@@H](O)CNS(=O)(=O)c1ccc([N+](=O)[O-])cc1Cl. The largest absolute Gasteiger partial charge is 0.392 e. The fourth-order valence-electron chi connectivity index (χ4n) is 1.13. The van der Waals surface area contributed by atoms with Crippen LogP contribution in [0.15, 0.2) is 23.1 Å². The lowest BCUT2D eigenvalue weighted by Gasteiger charge is -2.09. The molecule has 0 heterocycles. The molecule has 0 radical (unpaired) electrons. The summed E-state index contributed by atoms with van der Waals surface area (Å²) in [7, 11) is -3.89. The van der Waals surface area contributed by atoms with Crippen LogP contribution in [0.4, 0.5) is 5.69 Å². The van der Waals surface area contributed by atoms with Crippen LogP contribution in [0, 0.1) is 10.1 Å². The number of halogens is 1. The van der Waals surface area contributed by atoms with Crippen LogP contribution in [0.25, 0.3) is 0 Å². The minimum atomic E-state index is -3.89. The van der Waals surface area contributed by atoms with Crippen LogP contribution in [-0.4, -0.2) is 31.1 Å². The molecule has 0 aromatic heterocycles. The number of hydrogen-bond acceptors (Lipinski definition) is 5. The third-order valence-electron chi connectivity index (χ3n) is 1.98. The first-order valence-electron chi connectivity index (χ1n) is 4.85. The van der Waals surface area contributed by atoms with E-state index in [4.69, 9.17) is 16.7 Å². The van der Waals surface area contributed by atoms with E-state index in [2.05, 4.69) is 4.72 Å². The number of hydrogen-bond donors (Lipinski definition) is 2. The smallest absolute Gasteiger partial charge is 0.271 e. The fraction of sp³-hybridized carbons (Fsp3) is 0.333. The maximum absolute atomic E-state index is 11.8. The molecule has 2 N–H and O–H groups in total. The Balaban J connectivity index is 3.06. The van der Waals surface area contributed by atoms with Crippen LogP contribution >= 0.6 is 11.6 Å². The number of nitrogens with zero attached hydrogens (tertiary/aromatic N) is 1. The van der Waals surface area contributed by atoms with Gasteiger partial charge in [0, 0.05) is 18.7 Å². The van der Waals surface area contributed by atoms with Gasteiger partial charge in [-0.15, -0.1) is 0 Å². The van der Waals surface area contributed by atoms with Gasteiger partial charge in [0.15, 0.2) is 0 Å². The van der Waals surface area contributed by atoms with E-state index in [1.54, 1.807) is 0 Å². The Bertz CT molecular complexity index is 558. The van der Waals surface area contributed by atoms with Gasteiger partial charge in [-0.05, 0) is 13.0 Å². The maximum Gasteiger partial charge on any atom is 0.271 e. The highest BCUT2D eigenvalue weighted by atomic mass is 35.5. The number of nitrogens with one attached hydrogen (secondary N) is 1. The molecule has 0 bridgehead atoms. The van der Waals surface area contributed by atoms with E-state index in [1.807, 2.05) is 0 Å². The number of aliphatic hydroxyl groups excluding tert-OH is 1. The summed E-state index contributed by atoms with van der Waals surface area (Å²) in [6, 6.07) is 3.05. The van der Waals surface area contributed by atoms with Crippen LogP contribution in [0.1, 0.15) is 6.92 Å². The molecule has 0 spiro atoms. The number of benzene rings is 1. The Kier molecular flexibility index (Phi) is 4.63. The number of non-ortho nitro benzene ring substituents is 1. The lowest BCUT2D eigenvalue weighted by molar-refractivity contribution is -0.384. The van der Waals surface area contributed by atoms with Crippen molar-refractivity contribution in [2.24, 2.45) is 0 Å². The summed E-state index contributed by atoms with van der Waals surface area (Å²) in [6.45, 7) is 1.25. The van der Waals surface area contributed by atoms with E-state index in [9.17, 15) is 18.5 Å². The van der Waals surface area contributed by atoms with Crippen LogP contribution < -0.4 is 4.72 Å². The zero-order chi connectivity index (χ0) is 13.9. The molecular formula is C9H11ClN2O5S. The van der Waals surface area contributed by atoms with Gasteiger partial charge in [-0.1, -0.05) is 11.6 Å². The molecule has 0 saturated carbocycles. The zero-order valence-corrected chi connectivity index (χ0v) is 10.9. The molecule has 0 unspecified atom stereocenters. The summed E-state index contributed by atoms with van der Waals surface area (Å²) in [4.78, 5) is 9.53. The molecular weight excluding hydrogens is 284 g/mol. The van der Waals surface area contributed by atoms with E-state index in [-0.39, 0.29) is 22.2 Å². The predicted molar refractivity (Wildman–Crippen MR) is 65.0 cm³/mol. The van der Waals surface area contributed by atoms with E-state index in [0.717, 1.165) is 18.2 Å². The van der Waals surface area contributed by atoms with Gasteiger partial charge in [0.05, 0.1) is 16.0 Å². The highest BCUT2D eigenvalue weighted by Gasteiger charge is 2.20. The fourth-order valence-corrected chi connectivity index (χ4v) is 2.79. The second-order valence-electron chi connectivity index (χ2n) is 3.57. The van der Waals surface area contributed by atoms with Crippen LogP contribution in [0.5, 0.6) is 0 Å². The number of rotatable bonds is 5. The molecule has 1 aromatic carbocycles. The standard InChI is InChI=1S/C9H11ClN2O5S/c1-6(13)5-11-18(16,17)9-3-2-7(12(14)15)4-8(9)10/h2-4,6,11,13H,5H2,1H3/t6-/m1/s1. The predicted octanol–water partition coefficient (Wildman–Crippen LogP) is 0.907. The average Bonchev–Trinajstić information content (AvgIpc) is 2.26. The summed E-state index contributed by atoms with van der Waals surface area (Å²) >= 11 is 5.69. The lowest BCUT2D eigenvalue weighted by Crippen LogP contribution is -2.30. The highest BCUT2D eigenvalue weighted by molar-refractivity contribution is 7.89. The van der Waals surface area contributed by atoms with Gasteiger partial charge in [0.2, 0.25) is 10.0 Å². The van der Waals surface area contributed by atoms with Gasteiger partial charge in [-0.25, -0.2) is 13.1 Å². The molecule has 0 saturated heterocycles. The first-order chi connectivity index (χ1) is 8.24. The van der Waals surface area contributed by atoms with Gasteiger partial charge in [-0.2, -0.15) is 0 Å². The van der Waals surface area contributed by atoms with Crippen molar-refractivity contribution in [1.82, 2.24) is 4.72 Å². The molecule has 0 aliphatic carbocycles. The quantitative estimate of drug-likeness (QED) is 0.619. The summed E-state index contributed by atoms with van der Waals surface area (Å²) in [5, 5.41) is 19.2. The van der Waals surface area contributed by atoms with Gasteiger partial charge in [0.25, 0.3) is 5.69 Å². The lowest BCUT2D eigenvalue weighted by atomic mass is 10.3. The number of aliphatic hydroxyl groups is 1. The Morgan fingerprint density at radius 1 is 1.56 bits per heavy atom. The van der Waals surface area contributed by atoms with Crippen molar-refractivity contribution in [2.75, 3.05) is 6.54 Å². The number of sulfonamides is 1. The van der Waals surface area contributed by atoms with Crippen molar-refractivity contribution in [2.45, 2.75) is 17.9 Å². The monoisotopic (exact) mass is 294 g/mol. The van der Waals surface area contributed by atoms with Gasteiger partial charge in [-0.3, -0.25) is 10.1 Å². The second kappa shape index (κ2) is 5.61. The van der Waals surface area contributed by atoms with E-state index in [1.165, 1.54) is 6.92 Å². The molecule has 0 amide bonds. The molecule has 100 valence electrons. The van der Waals surface area contributed by atoms with Crippen molar-refractivity contribution >= 4 is 27.3 Å². The molecule has 18 heavy (non-hydrogen) atoms. The minimum Gasteiger partial charge on any atom is -0.392 e. The molecule has 7 nitrogen and oxygen atoms in total. The summed E-state index contributed by atoms with van der Waals surface area (Å²) in [6.07, 6.45) is -0.850. The number of nitro groups is 1. The second-order valence-corrected chi connectivity index (χ2v) is 5.72. The Labute approximate surface area is 109 Å². The Morgan fingerprint density at radius 2 is 2.17 bits per heavy atom. The first kappa shape index (κ1) is 14.8. The van der Waals surface area contributed by atoms with Gasteiger partial charge < -0.3 is 5.11 Å². The third kappa shape index (κ3) is 3.64. The molecule has 0 aliphatic heterocycles. The molecule has 1 atom stereocenters. The van der Waals surface area contributed by atoms with Gasteiger partial charge in [0.1, 0.15) is 4.90 Å². The molecule has 1 rings (SSSR count). The average molecular weight is 295 g/mol. The van der Waals surface area contributed by atoms with Crippen LogP contribution in [0.3, 0.4) is 0 Å². The van der Waals surface area contributed by atoms with Crippen molar-refractivity contribution in [1.29, 1.82) is 0 Å².